The van der Waals surface area contributed by atoms with Crippen LogP contribution in [0.1, 0.15) is 22.2 Å². The van der Waals surface area contributed by atoms with Gasteiger partial charge in [-0.15, -0.1) is 11.3 Å². The number of hydrogen-bond donors (Lipinski definition) is 2. The molecule has 0 aliphatic carbocycles. The zero-order valence-electron chi connectivity index (χ0n) is 10.8. The van der Waals surface area contributed by atoms with Crippen molar-refractivity contribution in [2.24, 2.45) is 5.84 Å². The fraction of sp³-hybridized carbons (Fsp3) is 0.308. The van der Waals surface area contributed by atoms with E-state index in [2.05, 4.69) is 10.4 Å². The Bertz CT molecular complexity index is 559. The van der Waals surface area contributed by atoms with Crippen LogP contribution in [0.25, 0.3) is 0 Å². The van der Waals surface area contributed by atoms with Crippen molar-refractivity contribution in [3.05, 3.63) is 44.9 Å². The van der Waals surface area contributed by atoms with Gasteiger partial charge in [0.2, 0.25) is 0 Å². The second kappa shape index (κ2) is 6.34. The highest BCUT2D eigenvalue weighted by Gasteiger charge is 2.17. The molecule has 2 aromatic rings. The van der Waals surface area contributed by atoms with E-state index >= 15 is 0 Å². The molecule has 102 valence electrons. The molecular formula is C13H16ClN3OS. The van der Waals surface area contributed by atoms with Crippen molar-refractivity contribution < 1.29 is 4.74 Å². The minimum absolute atomic E-state index is 0.000123. The molecule has 2 rings (SSSR count). The Hall–Kier alpha value is -1.14. The van der Waals surface area contributed by atoms with Gasteiger partial charge in [-0.1, -0.05) is 11.6 Å². The van der Waals surface area contributed by atoms with Crippen LogP contribution in [0.3, 0.4) is 0 Å². The second-order valence-electron chi connectivity index (χ2n) is 4.18. The number of thiazole rings is 1. The Morgan fingerprint density at radius 1 is 1.53 bits per heavy atom. The summed E-state index contributed by atoms with van der Waals surface area (Å²) in [5.74, 6) is 6.48. The molecule has 0 aliphatic rings. The van der Waals surface area contributed by atoms with Gasteiger partial charge in [-0.05, 0) is 37.1 Å². The van der Waals surface area contributed by atoms with Gasteiger partial charge < -0.3 is 4.74 Å². The summed E-state index contributed by atoms with van der Waals surface area (Å²) >= 11 is 7.63. The van der Waals surface area contributed by atoms with Crippen LogP contribution in [-0.4, -0.2) is 12.1 Å². The summed E-state index contributed by atoms with van der Waals surface area (Å²) in [7, 11) is 1.65. The third-order valence-corrected chi connectivity index (χ3v) is 4.25. The van der Waals surface area contributed by atoms with E-state index < -0.39 is 0 Å². The van der Waals surface area contributed by atoms with Crippen molar-refractivity contribution >= 4 is 22.9 Å². The third-order valence-electron chi connectivity index (χ3n) is 2.97. The van der Waals surface area contributed by atoms with Crippen LogP contribution in [0.5, 0.6) is 5.75 Å². The number of aromatic nitrogens is 1. The Kier molecular flexibility index (Phi) is 4.76. The molecule has 1 heterocycles. The van der Waals surface area contributed by atoms with Crippen LogP contribution in [0, 0.1) is 6.92 Å². The molecule has 0 saturated carbocycles. The van der Waals surface area contributed by atoms with E-state index in [0.717, 1.165) is 21.9 Å². The summed E-state index contributed by atoms with van der Waals surface area (Å²) in [5.41, 5.74) is 6.67. The minimum Gasteiger partial charge on any atom is -0.496 e. The number of ether oxygens (including phenoxy) is 1. The molecule has 0 amide bonds. The SMILES string of the molecule is COc1ccc(Cl)cc1CC(NN)c1scnc1C. The zero-order chi connectivity index (χ0) is 13.8. The standard InChI is InChI=1S/C13H16ClN3OS/c1-8-13(19-7-16-8)11(17-15)6-9-5-10(14)3-4-12(9)18-2/h3-5,7,11,17H,6,15H2,1-2H3. The number of nitrogens with one attached hydrogen (secondary N) is 1. The average molecular weight is 298 g/mol. The molecule has 0 bridgehead atoms. The number of hydrogen-bond acceptors (Lipinski definition) is 5. The number of rotatable bonds is 5. The number of nitrogens with two attached hydrogens (primary N) is 1. The largest absolute Gasteiger partial charge is 0.496 e. The number of aryl methyl sites for hydroxylation is 1. The van der Waals surface area contributed by atoms with E-state index in [-0.39, 0.29) is 6.04 Å². The Balaban J connectivity index is 2.28. The average Bonchev–Trinajstić information content (AvgIpc) is 2.82. The van der Waals surface area contributed by atoms with Crippen molar-refractivity contribution in [2.75, 3.05) is 7.11 Å². The molecule has 0 aliphatic heterocycles. The highest BCUT2D eigenvalue weighted by atomic mass is 35.5. The zero-order valence-corrected chi connectivity index (χ0v) is 12.4. The van der Waals surface area contributed by atoms with Gasteiger partial charge in [0.25, 0.3) is 0 Å². The first-order chi connectivity index (χ1) is 9.15. The molecule has 6 heteroatoms. The topological polar surface area (TPSA) is 60.2 Å². The minimum atomic E-state index is -0.000123. The number of hydrazine groups is 1. The van der Waals surface area contributed by atoms with Crippen LogP contribution in [0.15, 0.2) is 23.7 Å². The molecule has 1 aromatic heterocycles. The van der Waals surface area contributed by atoms with Gasteiger partial charge in [0.1, 0.15) is 5.75 Å². The van der Waals surface area contributed by atoms with Gasteiger partial charge >= 0.3 is 0 Å². The molecule has 0 spiro atoms. The molecule has 1 unspecified atom stereocenters. The van der Waals surface area contributed by atoms with Crippen LogP contribution in [-0.2, 0) is 6.42 Å². The number of methoxy groups -OCH3 is 1. The second-order valence-corrected chi connectivity index (χ2v) is 5.50. The van der Waals surface area contributed by atoms with Crippen molar-refractivity contribution in [1.29, 1.82) is 0 Å². The fourth-order valence-corrected chi connectivity index (χ4v) is 3.06. The lowest BCUT2D eigenvalue weighted by atomic mass is 10.0. The molecule has 1 aromatic carbocycles. The van der Waals surface area contributed by atoms with Crippen LogP contribution in [0.4, 0.5) is 0 Å². The molecule has 0 saturated heterocycles. The first-order valence-electron chi connectivity index (χ1n) is 5.84. The number of halogens is 1. The lowest BCUT2D eigenvalue weighted by Crippen LogP contribution is -2.29. The molecule has 3 N–H and O–H groups in total. The maximum absolute atomic E-state index is 6.04. The Labute approximate surface area is 121 Å². The smallest absolute Gasteiger partial charge is 0.122 e. The van der Waals surface area contributed by atoms with Gasteiger partial charge in [0, 0.05) is 9.90 Å². The van der Waals surface area contributed by atoms with Crippen LogP contribution >= 0.6 is 22.9 Å². The monoisotopic (exact) mass is 297 g/mol. The third kappa shape index (κ3) is 3.25. The van der Waals surface area contributed by atoms with Crippen LogP contribution < -0.4 is 16.0 Å². The fourth-order valence-electron chi connectivity index (χ4n) is 2.00. The van der Waals surface area contributed by atoms with Gasteiger partial charge in [-0.25, -0.2) is 4.98 Å². The number of nitrogens with zero attached hydrogens (tertiary/aromatic N) is 1. The summed E-state index contributed by atoms with van der Waals surface area (Å²) in [5, 5.41) is 0.688. The van der Waals surface area contributed by atoms with Crippen molar-refractivity contribution in [2.45, 2.75) is 19.4 Å². The Morgan fingerprint density at radius 2 is 2.32 bits per heavy atom. The molecular weight excluding hydrogens is 282 g/mol. The first-order valence-corrected chi connectivity index (χ1v) is 7.10. The first kappa shape index (κ1) is 14.3. The summed E-state index contributed by atoms with van der Waals surface area (Å²) < 4.78 is 5.35. The highest BCUT2D eigenvalue weighted by Crippen LogP contribution is 2.30. The quantitative estimate of drug-likeness (QED) is 0.658. The van der Waals surface area contributed by atoms with E-state index in [4.69, 9.17) is 22.2 Å². The van der Waals surface area contributed by atoms with E-state index in [1.807, 2.05) is 30.6 Å². The predicted molar refractivity (Wildman–Crippen MR) is 78.6 cm³/mol. The van der Waals surface area contributed by atoms with Crippen LogP contribution in [0.2, 0.25) is 5.02 Å². The summed E-state index contributed by atoms with van der Waals surface area (Å²) in [6.07, 6.45) is 0.698. The van der Waals surface area contributed by atoms with Gasteiger partial charge in [0.05, 0.1) is 24.4 Å². The van der Waals surface area contributed by atoms with E-state index in [0.29, 0.717) is 11.4 Å². The van der Waals surface area contributed by atoms with E-state index in [1.54, 1.807) is 18.4 Å². The highest BCUT2D eigenvalue weighted by molar-refractivity contribution is 7.09. The van der Waals surface area contributed by atoms with Gasteiger partial charge in [-0.2, -0.15) is 0 Å². The van der Waals surface area contributed by atoms with E-state index in [9.17, 15) is 0 Å². The molecule has 4 nitrogen and oxygen atoms in total. The summed E-state index contributed by atoms with van der Waals surface area (Å²) in [4.78, 5) is 5.38. The van der Waals surface area contributed by atoms with Crippen molar-refractivity contribution in [1.82, 2.24) is 10.4 Å². The lowest BCUT2D eigenvalue weighted by molar-refractivity contribution is 0.406. The van der Waals surface area contributed by atoms with E-state index in [1.165, 1.54) is 0 Å². The summed E-state index contributed by atoms with van der Waals surface area (Å²) in [6, 6.07) is 5.58. The molecule has 1 atom stereocenters. The van der Waals surface area contributed by atoms with Gasteiger partial charge in [0.15, 0.2) is 0 Å². The molecule has 0 fully saturated rings. The van der Waals surface area contributed by atoms with Gasteiger partial charge in [-0.3, -0.25) is 11.3 Å². The number of benzene rings is 1. The lowest BCUT2D eigenvalue weighted by Gasteiger charge is -2.17. The molecule has 19 heavy (non-hydrogen) atoms. The maximum Gasteiger partial charge on any atom is 0.122 e. The maximum atomic E-state index is 6.04. The predicted octanol–water partition coefficient (Wildman–Crippen LogP) is 2.86. The molecule has 0 radical (unpaired) electrons. The van der Waals surface area contributed by atoms with Crippen molar-refractivity contribution in [3.8, 4) is 5.75 Å². The normalized spacial score (nSPS) is 12.4. The van der Waals surface area contributed by atoms with Crippen molar-refractivity contribution in [3.63, 3.8) is 0 Å². The Morgan fingerprint density at radius 3 is 2.89 bits per heavy atom. The summed E-state index contributed by atoms with van der Waals surface area (Å²) in [6.45, 7) is 1.98.